The molecule has 1 unspecified atom stereocenters. The number of rotatable bonds is 3. The Bertz CT molecular complexity index is 537. The average molecular weight is 278 g/mol. The molecule has 0 aromatic carbocycles. The van der Waals surface area contributed by atoms with Crippen LogP contribution in [0.3, 0.4) is 0 Å². The summed E-state index contributed by atoms with van der Waals surface area (Å²) in [6, 6.07) is 0. The first-order valence-electron chi connectivity index (χ1n) is 6.44. The second-order valence-corrected chi connectivity index (χ2v) is 5.85. The number of thiazole rings is 1. The maximum absolute atomic E-state index is 5.87. The van der Waals surface area contributed by atoms with Gasteiger partial charge in [0.25, 0.3) is 0 Å². The Morgan fingerprint density at radius 3 is 3.11 bits per heavy atom. The molecule has 2 aromatic rings. The van der Waals surface area contributed by atoms with E-state index in [-0.39, 0.29) is 6.10 Å². The predicted octanol–water partition coefficient (Wildman–Crippen LogP) is 1.76. The predicted molar refractivity (Wildman–Crippen MR) is 74.0 cm³/mol. The van der Waals surface area contributed by atoms with Crippen molar-refractivity contribution in [1.29, 1.82) is 0 Å². The van der Waals surface area contributed by atoms with Gasteiger partial charge in [-0.15, -0.1) is 11.3 Å². The molecule has 1 atom stereocenters. The number of hydrogen-bond donors (Lipinski definition) is 0. The molecule has 0 amide bonds. The van der Waals surface area contributed by atoms with Gasteiger partial charge in [-0.3, -0.25) is 4.90 Å². The summed E-state index contributed by atoms with van der Waals surface area (Å²) in [6.07, 6.45) is 3.96. The van der Waals surface area contributed by atoms with Crippen molar-refractivity contribution < 1.29 is 4.74 Å². The quantitative estimate of drug-likeness (QED) is 0.858. The van der Waals surface area contributed by atoms with Crippen LogP contribution in [0.2, 0.25) is 0 Å². The lowest BCUT2D eigenvalue weighted by Gasteiger charge is -2.31. The van der Waals surface area contributed by atoms with Crippen LogP contribution in [0.5, 0.6) is 0 Å². The molecule has 0 N–H and O–H groups in total. The summed E-state index contributed by atoms with van der Waals surface area (Å²) >= 11 is 1.71. The summed E-state index contributed by atoms with van der Waals surface area (Å²) < 4.78 is 7.93. The van der Waals surface area contributed by atoms with Gasteiger partial charge in [-0.2, -0.15) is 0 Å². The fraction of sp³-hybridized carbons (Fsp3) is 0.538. The maximum Gasteiger partial charge on any atom is 0.139 e. The van der Waals surface area contributed by atoms with Crippen LogP contribution < -0.4 is 0 Å². The molecule has 1 aliphatic heterocycles. The van der Waals surface area contributed by atoms with Gasteiger partial charge in [0.1, 0.15) is 16.9 Å². The van der Waals surface area contributed by atoms with Gasteiger partial charge in [-0.1, -0.05) is 0 Å². The molecule has 0 radical (unpaired) electrons. The van der Waals surface area contributed by atoms with E-state index in [2.05, 4.69) is 19.4 Å². The lowest BCUT2D eigenvalue weighted by Crippen LogP contribution is -2.38. The van der Waals surface area contributed by atoms with Crippen molar-refractivity contribution in [2.45, 2.75) is 19.6 Å². The van der Waals surface area contributed by atoms with Crippen LogP contribution >= 0.6 is 11.3 Å². The van der Waals surface area contributed by atoms with Crippen molar-refractivity contribution in [3.63, 3.8) is 0 Å². The van der Waals surface area contributed by atoms with Crippen molar-refractivity contribution in [2.75, 3.05) is 19.7 Å². The van der Waals surface area contributed by atoms with Gasteiger partial charge in [0.15, 0.2) is 0 Å². The number of nitrogens with zero attached hydrogens (tertiary/aromatic N) is 4. The molecule has 0 spiro atoms. The van der Waals surface area contributed by atoms with Crippen LogP contribution in [0, 0.1) is 6.92 Å². The molecule has 0 bridgehead atoms. The second kappa shape index (κ2) is 5.40. The number of morpholine rings is 1. The zero-order chi connectivity index (χ0) is 13.2. The zero-order valence-electron chi connectivity index (χ0n) is 11.2. The highest BCUT2D eigenvalue weighted by atomic mass is 32.1. The number of hydrogen-bond acceptors (Lipinski definition) is 5. The van der Waals surface area contributed by atoms with Crippen LogP contribution in [-0.2, 0) is 18.3 Å². The van der Waals surface area contributed by atoms with E-state index < -0.39 is 0 Å². The molecule has 5 nitrogen and oxygen atoms in total. The fourth-order valence-electron chi connectivity index (χ4n) is 2.46. The smallest absolute Gasteiger partial charge is 0.139 e. The number of aryl methyl sites for hydroxylation is 2. The molecule has 1 aliphatic rings. The number of imidazole rings is 1. The van der Waals surface area contributed by atoms with Crippen LogP contribution in [0.25, 0.3) is 0 Å². The first kappa shape index (κ1) is 12.8. The van der Waals surface area contributed by atoms with Gasteiger partial charge in [0.05, 0.1) is 18.8 Å². The van der Waals surface area contributed by atoms with Gasteiger partial charge in [-0.25, -0.2) is 9.97 Å². The monoisotopic (exact) mass is 278 g/mol. The first-order valence-corrected chi connectivity index (χ1v) is 7.32. The second-order valence-electron chi connectivity index (χ2n) is 4.87. The minimum absolute atomic E-state index is 0.0624. The van der Waals surface area contributed by atoms with E-state index in [9.17, 15) is 0 Å². The summed E-state index contributed by atoms with van der Waals surface area (Å²) in [6.45, 7) is 5.51. The third-order valence-electron chi connectivity index (χ3n) is 3.31. The summed E-state index contributed by atoms with van der Waals surface area (Å²) in [5, 5.41) is 3.19. The molecule has 0 aliphatic carbocycles. The molecule has 0 saturated carbocycles. The summed E-state index contributed by atoms with van der Waals surface area (Å²) in [5.74, 6) is 1.02. The lowest BCUT2D eigenvalue weighted by atomic mass is 10.2. The highest BCUT2D eigenvalue weighted by Gasteiger charge is 2.25. The first-order chi connectivity index (χ1) is 9.22. The van der Waals surface area contributed by atoms with Gasteiger partial charge in [0.2, 0.25) is 0 Å². The van der Waals surface area contributed by atoms with Crippen molar-refractivity contribution in [2.24, 2.45) is 7.05 Å². The molecule has 6 heteroatoms. The third-order valence-corrected chi connectivity index (χ3v) is 4.08. The lowest BCUT2D eigenvalue weighted by molar-refractivity contribution is -0.0384. The normalized spacial score (nSPS) is 20.8. The van der Waals surface area contributed by atoms with E-state index in [1.807, 2.05) is 31.7 Å². The Balaban J connectivity index is 1.69. The molecule has 3 heterocycles. The van der Waals surface area contributed by atoms with Crippen molar-refractivity contribution >= 4 is 11.3 Å². The zero-order valence-corrected chi connectivity index (χ0v) is 12.1. The SMILES string of the molecule is Cc1cn(C)c(C2CN(Cc3nccs3)CCO2)n1. The Kier molecular flexibility index (Phi) is 3.63. The van der Waals surface area contributed by atoms with E-state index in [1.54, 1.807) is 11.3 Å². The molecule has 2 aromatic heterocycles. The average Bonchev–Trinajstić information content (AvgIpc) is 2.99. The summed E-state index contributed by atoms with van der Waals surface area (Å²) in [4.78, 5) is 11.3. The van der Waals surface area contributed by atoms with E-state index in [0.29, 0.717) is 0 Å². The van der Waals surface area contributed by atoms with Gasteiger partial charge >= 0.3 is 0 Å². The molecule has 1 fully saturated rings. The third kappa shape index (κ3) is 2.86. The molecular weight excluding hydrogens is 260 g/mol. The number of aromatic nitrogens is 3. The Morgan fingerprint density at radius 1 is 1.53 bits per heavy atom. The Labute approximate surface area is 116 Å². The molecular formula is C13H18N4OS. The highest BCUT2D eigenvalue weighted by molar-refractivity contribution is 7.09. The molecule has 1 saturated heterocycles. The van der Waals surface area contributed by atoms with Crippen molar-refractivity contribution in [1.82, 2.24) is 19.4 Å². The van der Waals surface area contributed by atoms with E-state index >= 15 is 0 Å². The van der Waals surface area contributed by atoms with Crippen LogP contribution in [0.15, 0.2) is 17.8 Å². The topological polar surface area (TPSA) is 43.2 Å². The van der Waals surface area contributed by atoms with E-state index in [1.165, 1.54) is 0 Å². The number of ether oxygens (including phenoxy) is 1. The minimum Gasteiger partial charge on any atom is -0.368 e. The van der Waals surface area contributed by atoms with Crippen molar-refractivity contribution in [3.05, 3.63) is 34.3 Å². The standard InChI is InChI=1S/C13H18N4OS/c1-10-7-16(2)13(15-10)11-8-17(4-5-18-11)9-12-14-3-6-19-12/h3,6-7,11H,4-5,8-9H2,1-2H3. The fourth-order valence-corrected chi connectivity index (χ4v) is 3.12. The van der Waals surface area contributed by atoms with E-state index in [0.717, 1.165) is 42.8 Å². The van der Waals surface area contributed by atoms with Gasteiger partial charge in [-0.05, 0) is 6.92 Å². The highest BCUT2D eigenvalue weighted by Crippen LogP contribution is 2.22. The van der Waals surface area contributed by atoms with Gasteiger partial charge in [0, 0.05) is 37.9 Å². The van der Waals surface area contributed by atoms with Gasteiger partial charge < -0.3 is 9.30 Å². The van der Waals surface area contributed by atoms with E-state index in [4.69, 9.17) is 4.74 Å². The summed E-state index contributed by atoms with van der Waals surface area (Å²) in [7, 11) is 2.03. The van der Waals surface area contributed by atoms with Crippen LogP contribution in [-0.4, -0.2) is 39.1 Å². The minimum atomic E-state index is 0.0624. The van der Waals surface area contributed by atoms with Crippen molar-refractivity contribution in [3.8, 4) is 0 Å². The van der Waals surface area contributed by atoms with Crippen LogP contribution in [0.4, 0.5) is 0 Å². The largest absolute Gasteiger partial charge is 0.368 e. The Hall–Kier alpha value is -1.24. The summed E-state index contributed by atoms with van der Waals surface area (Å²) in [5.41, 5.74) is 1.04. The Morgan fingerprint density at radius 2 is 2.42 bits per heavy atom. The molecule has 3 rings (SSSR count). The maximum atomic E-state index is 5.87. The molecule has 19 heavy (non-hydrogen) atoms. The van der Waals surface area contributed by atoms with Crippen LogP contribution in [0.1, 0.15) is 22.6 Å². The molecule has 102 valence electrons.